The Morgan fingerprint density at radius 2 is 2.06 bits per heavy atom. The molecule has 92 valence electrons. The van der Waals surface area contributed by atoms with Crippen LogP contribution >= 0.6 is 23.2 Å². The van der Waals surface area contributed by atoms with Gasteiger partial charge in [0.15, 0.2) is 0 Å². The van der Waals surface area contributed by atoms with Crippen LogP contribution in [0, 0.1) is 0 Å². The summed E-state index contributed by atoms with van der Waals surface area (Å²) in [5, 5.41) is 8.85. The quantitative estimate of drug-likeness (QED) is 0.854. The van der Waals surface area contributed by atoms with Crippen LogP contribution in [0.5, 0.6) is 0 Å². The first-order chi connectivity index (χ1) is 7.91. The summed E-state index contributed by atoms with van der Waals surface area (Å²) in [6.45, 7) is 0.0820. The highest BCUT2D eigenvalue weighted by atomic mass is 35.5. The highest BCUT2D eigenvalue weighted by Crippen LogP contribution is 2.18. The molecule has 0 unspecified atom stereocenters. The third-order valence-corrected chi connectivity index (χ3v) is 2.54. The molecule has 5 nitrogen and oxygen atoms in total. The number of hydrogen-bond donors (Lipinski definition) is 1. The van der Waals surface area contributed by atoms with Gasteiger partial charge in [-0.2, -0.15) is 0 Å². The average molecular weight is 277 g/mol. The van der Waals surface area contributed by atoms with E-state index < -0.39 is 11.9 Å². The van der Waals surface area contributed by atoms with Crippen LogP contribution in [0.25, 0.3) is 0 Å². The second-order valence-electron chi connectivity index (χ2n) is 3.33. The number of amides is 1. The summed E-state index contributed by atoms with van der Waals surface area (Å²) >= 11 is 11.5. The molecule has 1 heterocycles. The normalized spacial score (nSPS) is 10.1. The Balaban J connectivity index is 2.81. The summed E-state index contributed by atoms with van der Waals surface area (Å²) in [6.07, 6.45) is -0.138. The molecule has 17 heavy (non-hydrogen) atoms. The summed E-state index contributed by atoms with van der Waals surface area (Å²) < 4.78 is 0. The van der Waals surface area contributed by atoms with Crippen molar-refractivity contribution >= 4 is 35.1 Å². The first-order valence-electron chi connectivity index (χ1n) is 4.71. The lowest BCUT2D eigenvalue weighted by Gasteiger charge is -2.16. The number of carbonyl (C=O) groups is 2. The number of aliphatic carboxylic acids is 1. The van der Waals surface area contributed by atoms with Crippen LogP contribution in [0.4, 0.5) is 0 Å². The SMILES string of the molecule is CN(CCC(=O)O)C(=O)c1nc(Cl)ccc1Cl. The van der Waals surface area contributed by atoms with Gasteiger partial charge < -0.3 is 10.0 Å². The highest BCUT2D eigenvalue weighted by Gasteiger charge is 2.17. The molecule has 1 rings (SSSR count). The lowest BCUT2D eigenvalue weighted by atomic mass is 10.3. The van der Waals surface area contributed by atoms with Crippen molar-refractivity contribution < 1.29 is 14.7 Å². The predicted molar refractivity (Wildman–Crippen MR) is 63.5 cm³/mol. The number of pyridine rings is 1. The van der Waals surface area contributed by atoms with E-state index in [0.717, 1.165) is 0 Å². The number of nitrogens with zero attached hydrogens (tertiary/aromatic N) is 2. The Labute approximate surface area is 108 Å². The molecule has 1 aromatic rings. The van der Waals surface area contributed by atoms with Gasteiger partial charge in [-0.1, -0.05) is 23.2 Å². The van der Waals surface area contributed by atoms with E-state index in [1.165, 1.54) is 24.1 Å². The van der Waals surface area contributed by atoms with Crippen molar-refractivity contribution in [1.82, 2.24) is 9.88 Å². The Morgan fingerprint density at radius 1 is 1.41 bits per heavy atom. The maximum atomic E-state index is 11.9. The molecule has 0 atom stereocenters. The van der Waals surface area contributed by atoms with Crippen molar-refractivity contribution in [2.75, 3.05) is 13.6 Å². The van der Waals surface area contributed by atoms with Crippen molar-refractivity contribution in [3.05, 3.63) is 28.0 Å². The average Bonchev–Trinajstić information content (AvgIpc) is 2.28. The molecule has 0 aliphatic rings. The molecular weight excluding hydrogens is 267 g/mol. The van der Waals surface area contributed by atoms with E-state index in [4.69, 9.17) is 28.3 Å². The minimum absolute atomic E-state index is 0.0204. The van der Waals surface area contributed by atoms with Gasteiger partial charge in [-0.25, -0.2) is 4.98 Å². The van der Waals surface area contributed by atoms with Crippen LogP contribution in [0.1, 0.15) is 16.9 Å². The Morgan fingerprint density at radius 3 is 2.65 bits per heavy atom. The molecule has 0 saturated carbocycles. The lowest BCUT2D eigenvalue weighted by molar-refractivity contribution is -0.137. The van der Waals surface area contributed by atoms with Gasteiger partial charge in [0, 0.05) is 13.6 Å². The third kappa shape index (κ3) is 3.87. The zero-order valence-corrected chi connectivity index (χ0v) is 10.5. The van der Waals surface area contributed by atoms with E-state index in [0.29, 0.717) is 0 Å². The molecule has 0 bridgehead atoms. The van der Waals surface area contributed by atoms with E-state index in [9.17, 15) is 9.59 Å². The molecule has 1 amide bonds. The van der Waals surface area contributed by atoms with E-state index in [-0.39, 0.29) is 28.8 Å². The maximum Gasteiger partial charge on any atom is 0.305 e. The first-order valence-corrected chi connectivity index (χ1v) is 5.46. The van der Waals surface area contributed by atoms with Crippen LogP contribution in [-0.4, -0.2) is 40.5 Å². The number of aromatic nitrogens is 1. The molecule has 0 saturated heterocycles. The molecule has 1 N–H and O–H groups in total. The summed E-state index contributed by atoms with van der Waals surface area (Å²) in [4.78, 5) is 27.3. The van der Waals surface area contributed by atoms with Crippen LogP contribution in [0.15, 0.2) is 12.1 Å². The van der Waals surface area contributed by atoms with Crippen molar-refractivity contribution in [2.24, 2.45) is 0 Å². The topological polar surface area (TPSA) is 70.5 Å². The van der Waals surface area contributed by atoms with Gasteiger partial charge in [0.25, 0.3) is 5.91 Å². The lowest BCUT2D eigenvalue weighted by Crippen LogP contribution is -2.30. The van der Waals surface area contributed by atoms with Crippen LogP contribution in [0.3, 0.4) is 0 Å². The molecule has 0 aromatic carbocycles. The van der Waals surface area contributed by atoms with Gasteiger partial charge in [-0.05, 0) is 12.1 Å². The zero-order valence-electron chi connectivity index (χ0n) is 8.98. The second kappa shape index (κ2) is 5.84. The van der Waals surface area contributed by atoms with Crippen LogP contribution in [0.2, 0.25) is 10.2 Å². The zero-order chi connectivity index (χ0) is 13.0. The molecule has 7 heteroatoms. The fraction of sp³-hybridized carbons (Fsp3) is 0.300. The maximum absolute atomic E-state index is 11.9. The number of rotatable bonds is 4. The van der Waals surface area contributed by atoms with Gasteiger partial charge in [-0.3, -0.25) is 9.59 Å². The Kier molecular flexibility index (Phi) is 4.72. The highest BCUT2D eigenvalue weighted by molar-refractivity contribution is 6.34. The van der Waals surface area contributed by atoms with E-state index >= 15 is 0 Å². The van der Waals surface area contributed by atoms with Crippen LogP contribution in [-0.2, 0) is 4.79 Å². The monoisotopic (exact) mass is 276 g/mol. The van der Waals surface area contributed by atoms with Gasteiger partial charge in [0.2, 0.25) is 0 Å². The number of carboxylic acid groups (broad SMARTS) is 1. The molecule has 0 spiro atoms. The summed E-state index contributed by atoms with van der Waals surface area (Å²) in [7, 11) is 1.48. The fourth-order valence-electron chi connectivity index (χ4n) is 1.11. The van der Waals surface area contributed by atoms with Crippen LogP contribution < -0.4 is 0 Å². The Bertz CT molecular complexity index is 451. The molecular formula is C10H10Cl2N2O3. The molecule has 0 fully saturated rings. The van der Waals surface area contributed by atoms with E-state index in [1.807, 2.05) is 0 Å². The van der Waals surface area contributed by atoms with Gasteiger partial charge in [-0.15, -0.1) is 0 Å². The van der Waals surface area contributed by atoms with Crippen molar-refractivity contribution in [2.45, 2.75) is 6.42 Å². The van der Waals surface area contributed by atoms with E-state index in [2.05, 4.69) is 4.98 Å². The standard InChI is InChI=1S/C10H10Cl2N2O3/c1-14(5-4-8(15)16)10(17)9-6(11)2-3-7(12)13-9/h2-3H,4-5H2,1H3,(H,15,16). The second-order valence-corrected chi connectivity index (χ2v) is 4.13. The van der Waals surface area contributed by atoms with Crippen molar-refractivity contribution in [1.29, 1.82) is 0 Å². The fourth-order valence-corrected chi connectivity index (χ4v) is 1.45. The van der Waals surface area contributed by atoms with E-state index in [1.54, 1.807) is 0 Å². The van der Waals surface area contributed by atoms with Gasteiger partial charge in [0.05, 0.1) is 11.4 Å². The first kappa shape index (κ1) is 13.7. The third-order valence-electron chi connectivity index (χ3n) is 2.02. The summed E-state index contributed by atoms with van der Waals surface area (Å²) in [5.41, 5.74) is 0.0204. The minimum atomic E-state index is -0.977. The Hall–Kier alpha value is -1.33. The summed E-state index contributed by atoms with van der Waals surface area (Å²) in [6, 6.07) is 2.94. The molecule has 0 aliphatic carbocycles. The molecule has 0 radical (unpaired) electrons. The molecule has 0 aliphatic heterocycles. The number of hydrogen-bond acceptors (Lipinski definition) is 3. The van der Waals surface area contributed by atoms with Gasteiger partial charge in [0.1, 0.15) is 10.8 Å². The largest absolute Gasteiger partial charge is 0.481 e. The summed E-state index contributed by atoms with van der Waals surface area (Å²) in [5.74, 6) is -1.44. The number of carbonyl (C=O) groups excluding carboxylic acids is 1. The smallest absolute Gasteiger partial charge is 0.305 e. The molecule has 1 aromatic heterocycles. The van der Waals surface area contributed by atoms with Gasteiger partial charge >= 0.3 is 5.97 Å². The van der Waals surface area contributed by atoms with Crippen molar-refractivity contribution in [3.63, 3.8) is 0 Å². The number of carboxylic acids is 1. The number of halogens is 2. The minimum Gasteiger partial charge on any atom is -0.481 e. The van der Waals surface area contributed by atoms with Crippen molar-refractivity contribution in [3.8, 4) is 0 Å². The predicted octanol–water partition coefficient (Wildman–Crippen LogP) is 1.94.